The number of benzene rings is 2. The van der Waals surface area contributed by atoms with E-state index in [2.05, 4.69) is 54.8 Å². The van der Waals surface area contributed by atoms with Gasteiger partial charge >= 0.3 is 0 Å². The van der Waals surface area contributed by atoms with E-state index in [-0.39, 0.29) is 0 Å². The highest BCUT2D eigenvalue weighted by Gasteiger charge is 2.20. The topological polar surface area (TPSA) is 24.9 Å². The Kier molecular flexibility index (Phi) is 5.72. The number of piperazine rings is 1. The molecule has 0 atom stereocenters. The van der Waals surface area contributed by atoms with E-state index >= 15 is 0 Å². The van der Waals surface area contributed by atoms with Crippen molar-refractivity contribution in [1.82, 2.24) is 4.90 Å². The van der Waals surface area contributed by atoms with Gasteiger partial charge < -0.3 is 14.4 Å². The van der Waals surface area contributed by atoms with Gasteiger partial charge in [-0.2, -0.15) is 0 Å². The summed E-state index contributed by atoms with van der Waals surface area (Å²) in [5.41, 5.74) is 6.36. The molecular weight excluding hydrogens is 324 g/mol. The first-order valence-electron chi connectivity index (χ1n) is 9.28. The highest BCUT2D eigenvalue weighted by molar-refractivity contribution is 5.55. The summed E-state index contributed by atoms with van der Waals surface area (Å²) in [7, 11) is 3.44. The Morgan fingerprint density at radius 1 is 0.885 bits per heavy atom. The molecule has 0 amide bonds. The Labute approximate surface area is 157 Å². The van der Waals surface area contributed by atoms with Crippen LogP contribution in [0.1, 0.15) is 22.3 Å². The zero-order valence-electron chi connectivity index (χ0n) is 16.6. The van der Waals surface area contributed by atoms with Crippen LogP contribution in [0.25, 0.3) is 0 Å². The molecule has 1 aliphatic heterocycles. The summed E-state index contributed by atoms with van der Waals surface area (Å²) in [5, 5.41) is 0. The van der Waals surface area contributed by atoms with Crippen molar-refractivity contribution < 1.29 is 9.47 Å². The first kappa shape index (κ1) is 18.6. The largest absolute Gasteiger partial charge is 0.496 e. The van der Waals surface area contributed by atoms with Gasteiger partial charge in [-0.15, -0.1) is 0 Å². The molecular formula is C22H30N2O2. The third kappa shape index (κ3) is 3.80. The Morgan fingerprint density at radius 2 is 1.62 bits per heavy atom. The van der Waals surface area contributed by atoms with Crippen LogP contribution in [-0.4, -0.2) is 45.3 Å². The molecule has 1 fully saturated rings. The molecule has 0 spiro atoms. The highest BCUT2D eigenvalue weighted by Crippen LogP contribution is 2.32. The number of hydrogen-bond donors (Lipinski definition) is 0. The molecule has 0 aliphatic carbocycles. The summed E-state index contributed by atoms with van der Waals surface area (Å²) in [4.78, 5) is 5.01. The summed E-state index contributed by atoms with van der Waals surface area (Å²) in [6.45, 7) is 11.6. The van der Waals surface area contributed by atoms with E-state index in [1.54, 1.807) is 14.2 Å². The van der Waals surface area contributed by atoms with E-state index in [1.165, 1.54) is 22.4 Å². The van der Waals surface area contributed by atoms with Gasteiger partial charge in [-0.25, -0.2) is 0 Å². The van der Waals surface area contributed by atoms with E-state index in [0.29, 0.717) is 0 Å². The number of rotatable bonds is 5. The van der Waals surface area contributed by atoms with Crippen LogP contribution in [0.3, 0.4) is 0 Å². The fourth-order valence-electron chi connectivity index (χ4n) is 3.81. The van der Waals surface area contributed by atoms with Crippen LogP contribution in [0.5, 0.6) is 11.5 Å². The minimum atomic E-state index is 0.880. The Bertz CT molecular complexity index is 765. The summed E-state index contributed by atoms with van der Waals surface area (Å²) < 4.78 is 11.1. The van der Waals surface area contributed by atoms with Crippen LogP contribution in [0.15, 0.2) is 30.3 Å². The lowest BCUT2D eigenvalue weighted by molar-refractivity contribution is 0.245. The van der Waals surface area contributed by atoms with Gasteiger partial charge in [0.25, 0.3) is 0 Å². The molecule has 1 saturated heterocycles. The first-order chi connectivity index (χ1) is 12.5. The molecule has 0 unspecified atom stereocenters. The summed E-state index contributed by atoms with van der Waals surface area (Å²) in [6.07, 6.45) is 0. The van der Waals surface area contributed by atoms with Crippen LogP contribution in [0, 0.1) is 20.8 Å². The van der Waals surface area contributed by atoms with E-state index in [1.807, 2.05) is 6.07 Å². The van der Waals surface area contributed by atoms with Crippen molar-refractivity contribution in [3.63, 3.8) is 0 Å². The predicted molar refractivity (Wildman–Crippen MR) is 108 cm³/mol. The molecule has 0 N–H and O–H groups in total. The molecule has 140 valence electrons. The van der Waals surface area contributed by atoms with Crippen molar-refractivity contribution in [2.75, 3.05) is 45.3 Å². The molecule has 4 nitrogen and oxygen atoms in total. The third-order valence-electron chi connectivity index (χ3n) is 5.33. The van der Waals surface area contributed by atoms with Crippen molar-refractivity contribution >= 4 is 5.69 Å². The van der Waals surface area contributed by atoms with E-state index < -0.39 is 0 Å². The second-order valence-electron chi connectivity index (χ2n) is 7.14. The Balaban J connectivity index is 1.68. The molecule has 1 heterocycles. The number of methoxy groups -OCH3 is 2. The molecule has 4 heteroatoms. The second-order valence-corrected chi connectivity index (χ2v) is 7.14. The quantitative estimate of drug-likeness (QED) is 0.812. The molecule has 0 saturated carbocycles. The van der Waals surface area contributed by atoms with Gasteiger partial charge in [0.1, 0.15) is 11.5 Å². The lowest BCUT2D eigenvalue weighted by Crippen LogP contribution is -2.46. The second kappa shape index (κ2) is 8.00. The van der Waals surface area contributed by atoms with E-state index in [9.17, 15) is 0 Å². The average Bonchev–Trinajstić information content (AvgIpc) is 2.65. The van der Waals surface area contributed by atoms with Crippen molar-refractivity contribution in [3.8, 4) is 11.5 Å². The standard InChI is InChI=1S/C22H30N2O2/c1-16-6-7-17(2)20(14-16)24-12-10-23(11-13-24)15-19-8-9-21(25-4)18(3)22(19)26-5/h6-9,14H,10-13,15H2,1-5H3. The summed E-state index contributed by atoms with van der Waals surface area (Å²) in [6, 6.07) is 10.9. The number of nitrogens with zero attached hydrogens (tertiary/aromatic N) is 2. The first-order valence-corrected chi connectivity index (χ1v) is 9.28. The lowest BCUT2D eigenvalue weighted by Gasteiger charge is -2.37. The number of aryl methyl sites for hydroxylation is 2. The fourth-order valence-corrected chi connectivity index (χ4v) is 3.81. The predicted octanol–water partition coefficient (Wildman–Crippen LogP) is 3.95. The van der Waals surface area contributed by atoms with Gasteiger partial charge in [0.05, 0.1) is 14.2 Å². The SMILES string of the molecule is COc1ccc(CN2CCN(c3cc(C)ccc3C)CC2)c(OC)c1C. The van der Waals surface area contributed by atoms with Crippen LogP contribution in [0.4, 0.5) is 5.69 Å². The van der Waals surface area contributed by atoms with Gasteiger partial charge in [-0.3, -0.25) is 4.90 Å². The summed E-state index contributed by atoms with van der Waals surface area (Å²) in [5.74, 6) is 1.83. The lowest BCUT2D eigenvalue weighted by atomic mass is 10.1. The molecule has 3 rings (SSSR count). The Morgan fingerprint density at radius 3 is 2.27 bits per heavy atom. The van der Waals surface area contributed by atoms with Crippen molar-refractivity contribution in [2.45, 2.75) is 27.3 Å². The number of anilines is 1. The molecule has 26 heavy (non-hydrogen) atoms. The van der Waals surface area contributed by atoms with Gasteiger partial charge in [0, 0.05) is 49.5 Å². The monoisotopic (exact) mass is 354 g/mol. The molecule has 2 aromatic carbocycles. The van der Waals surface area contributed by atoms with Crippen molar-refractivity contribution in [1.29, 1.82) is 0 Å². The molecule has 0 radical (unpaired) electrons. The minimum Gasteiger partial charge on any atom is -0.496 e. The van der Waals surface area contributed by atoms with Gasteiger partial charge in [-0.05, 0) is 44.0 Å². The number of ether oxygens (including phenoxy) is 2. The molecule has 0 bridgehead atoms. The van der Waals surface area contributed by atoms with Crippen LogP contribution in [-0.2, 0) is 6.54 Å². The minimum absolute atomic E-state index is 0.880. The van der Waals surface area contributed by atoms with E-state index in [0.717, 1.165) is 49.8 Å². The Hall–Kier alpha value is -2.20. The van der Waals surface area contributed by atoms with Gasteiger partial charge in [-0.1, -0.05) is 18.2 Å². The molecule has 1 aliphatic rings. The molecule has 2 aromatic rings. The van der Waals surface area contributed by atoms with Crippen LogP contribution >= 0.6 is 0 Å². The van der Waals surface area contributed by atoms with Crippen molar-refractivity contribution in [2.24, 2.45) is 0 Å². The maximum absolute atomic E-state index is 5.66. The number of hydrogen-bond acceptors (Lipinski definition) is 4. The van der Waals surface area contributed by atoms with Crippen LogP contribution < -0.4 is 14.4 Å². The average molecular weight is 354 g/mol. The zero-order chi connectivity index (χ0) is 18.7. The smallest absolute Gasteiger partial charge is 0.129 e. The maximum Gasteiger partial charge on any atom is 0.129 e. The normalized spacial score (nSPS) is 15.2. The summed E-state index contributed by atoms with van der Waals surface area (Å²) >= 11 is 0. The van der Waals surface area contributed by atoms with Crippen LogP contribution in [0.2, 0.25) is 0 Å². The fraction of sp³-hybridized carbons (Fsp3) is 0.455. The molecule has 0 aromatic heterocycles. The highest BCUT2D eigenvalue weighted by atomic mass is 16.5. The third-order valence-corrected chi connectivity index (χ3v) is 5.33. The van der Waals surface area contributed by atoms with Gasteiger partial charge in [0.15, 0.2) is 0 Å². The van der Waals surface area contributed by atoms with Gasteiger partial charge in [0.2, 0.25) is 0 Å². The maximum atomic E-state index is 5.66. The zero-order valence-corrected chi connectivity index (χ0v) is 16.6. The van der Waals surface area contributed by atoms with Crippen molar-refractivity contribution in [3.05, 3.63) is 52.6 Å². The van der Waals surface area contributed by atoms with E-state index in [4.69, 9.17) is 9.47 Å².